The topological polar surface area (TPSA) is 64.4 Å². The molecule has 0 unspecified atom stereocenters. The molecule has 1 aromatic heterocycles. The summed E-state index contributed by atoms with van der Waals surface area (Å²) in [5, 5.41) is 13.2. The lowest BCUT2D eigenvalue weighted by Crippen LogP contribution is -2.08. The van der Waals surface area contributed by atoms with Crippen LogP contribution in [0.1, 0.15) is 17.4 Å². The molecule has 0 aliphatic rings. The number of aromatic nitrogens is 2. The van der Waals surface area contributed by atoms with Crippen molar-refractivity contribution in [3.8, 4) is 17.0 Å². The molecule has 0 spiro atoms. The zero-order valence-electron chi connectivity index (χ0n) is 10.6. The first-order valence-electron chi connectivity index (χ1n) is 5.72. The van der Waals surface area contributed by atoms with Crippen LogP contribution >= 0.6 is 0 Å². The second-order valence-electron chi connectivity index (χ2n) is 3.88. The third kappa shape index (κ3) is 2.42. The molecule has 0 radical (unpaired) electrons. The minimum Gasteiger partial charge on any atom is -0.496 e. The van der Waals surface area contributed by atoms with Gasteiger partial charge in [-0.3, -0.25) is 4.68 Å². The van der Waals surface area contributed by atoms with Crippen LogP contribution < -0.4 is 4.74 Å². The van der Waals surface area contributed by atoms with E-state index in [4.69, 9.17) is 9.84 Å². The van der Waals surface area contributed by atoms with Crippen molar-refractivity contribution in [2.45, 2.75) is 13.5 Å². The van der Waals surface area contributed by atoms with Crippen LogP contribution in [0, 0.1) is 5.82 Å². The summed E-state index contributed by atoms with van der Waals surface area (Å²) < 4.78 is 19.8. The molecule has 19 heavy (non-hydrogen) atoms. The highest BCUT2D eigenvalue weighted by Gasteiger charge is 2.17. The Morgan fingerprint density at radius 3 is 2.74 bits per heavy atom. The number of nitrogens with zero attached hydrogens (tertiary/aromatic N) is 2. The van der Waals surface area contributed by atoms with Crippen LogP contribution in [0.3, 0.4) is 0 Å². The highest BCUT2D eigenvalue weighted by atomic mass is 19.1. The summed E-state index contributed by atoms with van der Waals surface area (Å²) in [6.07, 6.45) is 0. The maximum atomic E-state index is 13.3. The highest BCUT2D eigenvalue weighted by Crippen LogP contribution is 2.30. The minimum atomic E-state index is -1.07. The van der Waals surface area contributed by atoms with E-state index in [2.05, 4.69) is 5.10 Å². The van der Waals surface area contributed by atoms with Crippen molar-refractivity contribution in [3.05, 3.63) is 35.8 Å². The van der Waals surface area contributed by atoms with E-state index in [1.807, 2.05) is 0 Å². The standard InChI is InChI=1S/C13H13FN2O3/c1-3-16-11(13(17)18)7-10(15-16)9-6-8(14)4-5-12(9)19-2/h4-7H,3H2,1-2H3,(H,17,18). The Morgan fingerprint density at radius 1 is 1.47 bits per heavy atom. The summed E-state index contributed by atoms with van der Waals surface area (Å²) in [5.74, 6) is -1.06. The zero-order valence-corrected chi connectivity index (χ0v) is 10.6. The van der Waals surface area contributed by atoms with E-state index in [9.17, 15) is 9.18 Å². The minimum absolute atomic E-state index is 0.0591. The molecular weight excluding hydrogens is 251 g/mol. The first kappa shape index (κ1) is 13.1. The number of carboxylic acids is 1. The number of carbonyl (C=O) groups is 1. The van der Waals surface area contributed by atoms with Gasteiger partial charge in [0.25, 0.3) is 0 Å². The number of aryl methyl sites for hydroxylation is 1. The summed E-state index contributed by atoms with van der Waals surface area (Å²) in [5.41, 5.74) is 0.858. The predicted molar refractivity (Wildman–Crippen MR) is 66.8 cm³/mol. The molecule has 0 amide bonds. The molecular formula is C13H13FN2O3. The number of rotatable bonds is 4. The van der Waals surface area contributed by atoms with Crippen LogP contribution in [0.4, 0.5) is 4.39 Å². The number of aromatic carboxylic acids is 1. The number of benzene rings is 1. The van der Waals surface area contributed by atoms with Crippen LogP contribution in [-0.2, 0) is 6.54 Å². The normalized spacial score (nSPS) is 10.5. The summed E-state index contributed by atoms with van der Waals surface area (Å²) in [4.78, 5) is 11.1. The molecule has 2 aromatic rings. The zero-order chi connectivity index (χ0) is 14.0. The summed E-state index contributed by atoms with van der Waals surface area (Å²) in [6.45, 7) is 2.20. The van der Waals surface area contributed by atoms with E-state index in [1.54, 1.807) is 6.92 Å². The Kier molecular flexibility index (Phi) is 3.50. The molecule has 100 valence electrons. The number of methoxy groups -OCH3 is 1. The molecule has 0 saturated heterocycles. The molecule has 0 atom stereocenters. The summed E-state index contributed by atoms with van der Waals surface area (Å²) >= 11 is 0. The smallest absolute Gasteiger partial charge is 0.354 e. The van der Waals surface area contributed by atoms with Gasteiger partial charge in [-0.25, -0.2) is 9.18 Å². The van der Waals surface area contributed by atoms with Gasteiger partial charge in [0.15, 0.2) is 0 Å². The van der Waals surface area contributed by atoms with Gasteiger partial charge >= 0.3 is 5.97 Å². The fraction of sp³-hybridized carbons (Fsp3) is 0.231. The first-order chi connectivity index (χ1) is 9.06. The van der Waals surface area contributed by atoms with Gasteiger partial charge in [0.1, 0.15) is 17.3 Å². The molecule has 0 fully saturated rings. The van der Waals surface area contributed by atoms with Gasteiger partial charge in [-0.15, -0.1) is 0 Å². The Hall–Kier alpha value is -2.37. The van der Waals surface area contributed by atoms with Gasteiger partial charge < -0.3 is 9.84 Å². The third-order valence-electron chi connectivity index (χ3n) is 2.74. The maximum Gasteiger partial charge on any atom is 0.354 e. The Balaban J connectivity index is 2.59. The Bertz CT molecular complexity index is 622. The van der Waals surface area contributed by atoms with Gasteiger partial charge in [0.05, 0.1) is 12.8 Å². The van der Waals surface area contributed by atoms with Crippen molar-refractivity contribution in [3.63, 3.8) is 0 Å². The molecule has 0 aliphatic carbocycles. The largest absolute Gasteiger partial charge is 0.496 e. The molecule has 0 aliphatic heterocycles. The van der Waals surface area contributed by atoms with Gasteiger partial charge in [0, 0.05) is 12.1 Å². The van der Waals surface area contributed by atoms with Crippen LogP contribution in [0.2, 0.25) is 0 Å². The van der Waals surface area contributed by atoms with Crippen LogP contribution in [0.25, 0.3) is 11.3 Å². The molecule has 5 nitrogen and oxygen atoms in total. The number of hydrogen-bond donors (Lipinski definition) is 1. The quantitative estimate of drug-likeness (QED) is 0.921. The van der Waals surface area contributed by atoms with Crippen molar-refractivity contribution in [1.82, 2.24) is 9.78 Å². The highest BCUT2D eigenvalue weighted by molar-refractivity contribution is 5.87. The second kappa shape index (κ2) is 5.09. The number of hydrogen-bond acceptors (Lipinski definition) is 3. The van der Waals surface area contributed by atoms with Crippen molar-refractivity contribution in [2.75, 3.05) is 7.11 Å². The van der Waals surface area contributed by atoms with E-state index >= 15 is 0 Å². The fourth-order valence-electron chi connectivity index (χ4n) is 1.84. The van der Waals surface area contributed by atoms with Gasteiger partial charge in [-0.05, 0) is 31.2 Å². The molecule has 2 rings (SSSR count). The average Bonchev–Trinajstić information content (AvgIpc) is 2.82. The van der Waals surface area contributed by atoms with Crippen molar-refractivity contribution in [1.29, 1.82) is 0 Å². The second-order valence-corrected chi connectivity index (χ2v) is 3.88. The molecule has 1 heterocycles. The number of halogens is 1. The molecule has 0 saturated carbocycles. The lowest BCUT2D eigenvalue weighted by molar-refractivity contribution is 0.0683. The first-order valence-corrected chi connectivity index (χ1v) is 5.72. The van der Waals surface area contributed by atoms with Crippen LogP contribution in [-0.4, -0.2) is 28.0 Å². The van der Waals surface area contributed by atoms with E-state index < -0.39 is 11.8 Å². The van der Waals surface area contributed by atoms with Crippen molar-refractivity contribution < 1.29 is 19.0 Å². The summed E-state index contributed by atoms with van der Waals surface area (Å²) in [6, 6.07) is 5.43. The molecule has 0 bridgehead atoms. The SMILES string of the molecule is CCn1nc(-c2cc(F)ccc2OC)cc1C(=O)O. The third-order valence-corrected chi connectivity index (χ3v) is 2.74. The summed E-state index contributed by atoms with van der Waals surface area (Å²) in [7, 11) is 1.46. The number of ether oxygens (including phenoxy) is 1. The van der Waals surface area contributed by atoms with Crippen molar-refractivity contribution >= 4 is 5.97 Å². The van der Waals surface area contributed by atoms with Crippen LogP contribution in [0.15, 0.2) is 24.3 Å². The van der Waals surface area contributed by atoms with Gasteiger partial charge in [0.2, 0.25) is 0 Å². The van der Waals surface area contributed by atoms with E-state index in [-0.39, 0.29) is 5.69 Å². The lowest BCUT2D eigenvalue weighted by atomic mass is 10.1. The Morgan fingerprint density at radius 2 is 2.21 bits per heavy atom. The lowest BCUT2D eigenvalue weighted by Gasteiger charge is -2.05. The van der Waals surface area contributed by atoms with E-state index in [0.29, 0.717) is 23.6 Å². The molecule has 6 heteroatoms. The molecule has 1 aromatic carbocycles. The Labute approximate surface area is 109 Å². The van der Waals surface area contributed by atoms with E-state index in [0.717, 1.165) is 0 Å². The van der Waals surface area contributed by atoms with Gasteiger partial charge in [-0.2, -0.15) is 5.10 Å². The predicted octanol–water partition coefficient (Wildman–Crippen LogP) is 2.42. The average molecular weight is 264 g/mol. The molecule has 1 N–H and O–H groups in total. The fourth-order valence-corrected chi connectivity index (χ4v) is 1.84. The van der Waals surface area contributed by atoms with Crippen molar-refractivity contribution in [2.24, 2.45) is 0 Å². The maximum absolute atomic E-state index is 13.3. The number of carboxylic acid groups (broad SMARTS) is 1. The monoisotopic (exact) mass is 264 g/mol. The van der Waals surface area contributed by atoms with E-state index in [1.165, 1.54) is 36.1 Å². The van der Waals surface area contributed by atoms with Gasteiger partial charge in [-0.1, -0.05) is 0 Å². The van der Waals surface area contributed by atoms with Crippen LogP contribution in [0.5, 0.6) is 5.75 Å².